The van der Waals surface area contributed by atoms with E-state index in [0.29, 0.717) is 18.9 Å². The molecule has 1 fully saturated rings. The van der Waals surface area contributed by atoms with Crippen LogP contribution in [0, 0.1) is 5.92 Å². The van der Waals surface area contributed by atoms with Gasteiger partial charge in [0.15, 0.2) is 0 Å². The van der Waals surface area contributed by atoms with Gasteiger partial charge in [-0.2, -0.15) is 26.3 Å². The molecule has 0 aromatic heterocycles. The van der Waals surface area contributed by atoms with E-state index in [2.05, 4.69) is 9.46 Å². The van der Waals surface area contributed by atoms with Crippen molar-refractivity contribution in [3.8, 4) is 5.75 Å². The number of carbonyl (C=O) groups is 1. The zero-order valence-electron chi connectivity index (χ0n) is 17.9. The maximum atomic E-state index is 12.6. The first-order chi connectivity index (χ1) is 15.7. The van der Waals surface area contributed by atoms with Crippen LogP contribution in [0.2, 0.25) is 0 Å². The van der Waals surface area contributed by atoms with Crippen molar-refractivity contribution >= 4 is 21.8 Å². The van der Waals surface area contributed by atoms with Crippen LogP contribution in [0.4, 0.5) is 36.8 Å². The summed E-state index contributed by atoms with van der Waals surface area (Å²) in [5.41, 5.74) is 0.753. The fourth-order valence-electron chi connectivity index (χ4n) is 3.63. The molecule has 0 unspecified atom stereocenters. The van der Waals surface area contributed by atoms with E-state index in [4.69, 9.17) is 4.74 Å². The number of benzene rings is 1. The third-order valence-corrected chi connectivity index (χ3v) is 7.01. The van der Waals surface area contributed by atoms with E-state index in [1.165, 1.54) is 12.1 Å². The summed E-state index contributed by atoms with van der Waals surface area (Å²) >= 11 is 0. The number of hydrogen-bond donors (Lipinski definition) is 1. The summed E-state index contributed by atoms with van der Waals surface area (Å²) in [5, 5.41) is 0. The molecule has 1 aromatic rings. The topological polar surface area (TPSA) is 88.2 Å². The number of carbonyl (C=O) groups excluding carboxylic acids is 1. The van der Waals surface area contributed by atoms with E-state index in [0.717, 1.165) is 10.6 Å². The molecule has 1 aromatic carbocycles. The van der Waals surface area contributed by atoms with Gasteiger partial charge in [-0.15, -0.1) is 0 Å². The number of anilines is 1. The second-order valence-electron chi connectivity index (χ2n) is 8.03. The Kier molecular flexibility index (Phi) is 7.45. The Labute approximate surface area is 191 Å². The molecular formula is C19H23F6N3O5S. The van der Waals surface area contributed by atoms with Crippen molar-refractivity contribution in [2.24, 2.45) is 5.92 Å². The fraction of sp³-hybridized carbons (Fsp3) is 0.632. The number of nitrogens with one attached hydrogen (secondary N) is 1. The molecule has 192 valence electrons. The van der Waals surface area contributed by atoms with E-state index in [1.54, 1.807) is 6.07 Å². The summed E-state index contributed by atoms with van der Waals surface area (Å²) in [5.74, 6) is 0.152. The maximum absolute atomic E-state index is 12.6. The van der Waals surface area contributed by atoms with Crippen LogP contribution in [-0.4, -0.2) is 77.7 Å². The lowest BCUT2D eigenvalue weighted by Gasteiger charge is -2.33. The zero-order chi connectivity index (χ0) is 25.3. The first-order valence-corrected chi connectivity index (χ1v) is 11.7. The molecule has 0 atom stereocenters. The predicted octanol–water partition coefficient (Wildman–Crippen LogP) is 3.14. The van der Waals surface area contributed by atoms with Gasteiger partial charge in [0.25, 0.3) is 6.10 Å². The van der Waals surface area contributed by atoms with Gasteiger partial charge in [0.1, 0.15) is 12.4 Å². The Balaban J connectivity index is 1.53. The molecule has 2 aliphatic rings. The smallest absolute Gasteiger partial charge is 0.434 e. The number of amides is 1. The second-order valence-corrected chi connectivity index (χ2v) is 9.80. The molecule has 2 heterocycles. The summed E-state index contributed by atoms with van der Waals surface area (Å²) in [6, 6.07) is 4.47. The van der Waals surface area contributed by atoms with Crippen LogP contribution in [0.5, 0.6) is 5.75 Å². The number of likely N-dealkylation sites (tertiary alicyclic amines) is 1. The van der Waals surface area contributed by atoms with Gasteiger partial charge in [-0.1, -0.05) is 0 Å². The molecule has 15 heteroatoms. The van der Waals surface area contributed by atoms with E-state index in [9.17, 15) is 39.6 Å². The van der Waals surface area contributed by atoms with Crippen LogP contribution in [0.25, 0.3) is 0 Å². The van der Waals surface area contributed by atoms with Gasteiger partial charge >= 0.3 is 18.4 Å². The average molecular weight is 519 g/mol. The van der Waals surface area contributed by atoms with Crippen molar-refractivity contribution in [3.63, 3.8) is 0 Å². The van der Waals surface area contributed by atoms with Crippen LogP contribution < -0.4 is 14.4 Å². The summed E-state index contributed by atoms with van der Waals surface area (Å²) in [7, 11) is -2.04. The van der Waals surface area contributed by atoms with Gasteiger partial charge in [-0.25, -0.2) is 17.9 Å². The number of piperidine rings is 1. The van der Waals surface area contributed by atoms with Gasteiger partial charge in [-0.05, 0) is 30.9 Å². The lowest BCUT2D eigenvalue weighted by Crippen LogP contribution is -2.49. The molecule has 8 nitrogen and oxygen atoms in total. The summed E-state index contributed by atoms with van der Waals surface area (Å²) in [4.78, 5) is 14.5. The standard InChI is InChI=1S/C19H23F6N3O5S/c1-27-8-9-32-15-10-13(2-3-14(15)27)34(30,31)26-11-12-4-6-28(7-5-12)17(29)33-16(18(20,21)22)19(23,24)25/h2-3,10,12,16,26H,4-9,11H2,1H3. The van der Waals surface area contributed by atoms with E-state index in [-0.39, 0.29) is 43.3 Å². The Morgan fingerprint density at radius 3 is 2.35 bits per heavy atom. The molecule has 34 heavy (non-hydrogen) atoms. The van der Waals surface area contributed by atoms with E-state index >= 15 is 0 Å². The number of rotatable bonds is 5. The molecule has 3 rings (SSSR count). The number of halogens is 6. The molecule has 0 saturated carbocycles. The number of sulfonamides is 1. The average Bonchev–Trinajstić information content (AvgIpc) is 2.74. The monoisotopic (exact) mass is 519 g/mol. The summed E-state index contributed by atoms with van der Waals surface area (Å²) in [6.45, 7) is 0.709. The normalized spacial score (nSPS) is 18.0. The third-order valence-electron chi connectivity index (χ3n) is 5.59. The van der Waals surface area contributed by atoms with Gasteiger partial charge in [0.05, 0.1) is 17.1 Å². The van der Waals surface area contributed by atoms with Gasteiger partial charge < -0.3 is 19.3 Å². The van der Waals surface area contributed by atoms with Crippen molar-refractivity contribution in [1.29, 1.82) is 0 Å². The molecular weight excluding hydrogens is 496 g/mol. The largest absolute Gasteiger partial charge is 0.490 e. The number of alkyl halides is 6. The third kappa shape index (κ3) is 6.17. The van der Waals surface area contributed by atoms with Crippen molar-refractivity contribution in [2.45, 2.75) is 36.2 Å². The number of likely N-dealkylation sites (N-methyl/N-ethyl adjacent to an activating group) is 1. The highest BCUT2D eigenvalue weighted by atomic mass is 32.2. The SMILES string of the molecule is CN1CCOc2cc(S(=O)(=O)NCC3CCN(C(=O)OC(C(F)(F)F)C(F)(F)F)CC3)ccc21. The lowest BCUT2D eigenvalue weighted by atomic mass is 9.97. The molecule has 1 amide bonds. The minimum absolute atomic E-state index is 0.00657. The van der Waals surface area contributed by atoms with Crippen molar-refractivity contribution < 1.29 is 49.0 Å². The fourth-order valence-corrected chi connectivity index (χ4v) is 4.76. The summed E-state index contributed by atoms with van der Waals surface area (Å²) in [6.07, 6.45) is -17.2. The van der Waals surface area contributed by atoms with Crippen LogP contribution in [0.15, 0.2) is 23.1 Å². The second kappa shape index (κ2) is 9.68. The molecule has 0 bridgehead atoms. The minimum Gasteiger partial charge on any atom is -0.490 e. The Hall–Kier alpha value is -2.42. The lowest BCUT2D eigenvalue weighted by molar-refractivity contribution is -0.308. The molecule has 1 saturated heterocycles. The van der Waals surface area contributed by atoms with Gasteiger partial charge in [0, 0.05) is 32.7 Å². The quantitative estimate of drug-likeness (QED) is 0.602. The van der Waals surface area contributed by atoms with E-state index in [1.807, 2.05) is 11.9 Å². The first kappa shape index (κ1) is 26.2. The highest BCUT2D eigenvalue weighted by molar-refractivity contribution is 7.89. The van der Waals surface area contributed by atoms with Crippen molar-refractivity contribution in [1.82, 2.24) is 9.62 Å². The highest BCUT2D eigenvalue weighted by Crippen LogP contribution is 2.36. The minimum atomic E-state index is -5.79. The van der Waals surface area contributed by atoms with Gasteiger partial charge in [-0.3, -0.25) is 0 Å². The number of ether oxygens (including phenoxy) is 2. The van der Waals surface area contributed by atoms with Crippen LogP contribution >= 0.6 is 0 Å². The molecule has 0 aliphatic carbocycles. The van der Waals surface area contributed by atoms with Crippen LogP contribution in [-0.2, 0) is 14.8 Å². The first-order valence-electron chi connectivity index (χ1n) is 10.2. The van der Waals surface area contributed by atoms with Gasteiger partial charge in [0.2, 0.25) is 10.0 Å². The predicted molar refractivity (Wildman–Crippen MR) is 107 cm³/mol. The summed E-state index contributed by atoms with van der Waals surface area (Å²) < 4.78 is 112. The number of nitrogens with zero attached hydrogens (tertiary/aromatic N) is 2. The van der Waals surface area contributed by atoms with Crippen LogP contribution in [0.1, 0.15) is 12.8 Å². The maximum Gasteiger partial charge on any atom is 0.434 e. The highest BCUT2D eigenvalue weighted by Gasteiger charge is 2.60. The molecule has 1 N–H and O–H groups in total. The molecule has 0 radical (unpaired) electrons. The number of hydrogen-bond acceptors (Lipinski definition) is 6. The van der Waals surface area contributed by atoms with Crippen LogP contribution in [0.3, 0.4) is 0 Å². The zero-order valence-corrected chi connectivity index (χ0v) is 18.8. The van der Waals surface area contributed by atoms with Crippen molar-refractivity contribution in [2.75, 3.05) is 44.7 Å². The molecule has 0 spiro atoms. The van der Waals surface area contributed by atoms with E-state index < -0.39 is 34.6 Å². The number of fused-ring (bicyclic) bond motifs is 1. The Morgan fingerprint density at radius 1 is 1.15 bits per heavy atom. The van der Waals surface area contributed by atoms with Crippen molar-refractivity contribution in [3.05, 3.63) is 18.2 Å². The molecule has 2 aliphatic heterocycles. The Bertz CT molecular complexity index is 979. The Morgan fingerprint density at radius 2 is 1.76 bits per heavy atom.